The van der Waals surface area contributed by atoms with Gasteiger partial charge in [-0.3, -0.25) is 0 Å². The summed E-state index contributed by atoms with van der Waals surface area (Å²) >= 11 is 5.87. The van der Waals surface area contributed by atoms with Crippen molar-refractivity contribution in [2.45, 2.75) is 23.5 Å². The Morgan fingerprint density at radius 2 is 1.74 bits per heavy atom. The van der Waals surface area contributed by atoms with Crippen molar-refractivity contribution in [2.75, 3.05) is 0 Å². The highest BCUT2D eigenvalue weighted by molar-refractivity contribution is 7.89. The van der Waals surface area contributed by atoms with E-state index in [1.165, 1.54) is 12.1 Å². The topological polar surface area (TPSA) is 55.4 Å². The average Bonchev–Trinajstić information content (AvgIpc) is 2.69. The van der Waals surface area contributed by atoms with Crippen LogP contribution in [0.4, 0.5) is 0 Å². The highest BCUT2D eigenvalue weighted by Gasteiger charge is 2.32. The molecule has 0 saturated carbocycles. The molecule has 2 atom stereocenters. The van der Waals surface area contributed by atoms with E-state index in [9.17, 15) is 8.42 Å². The Hall–Kier alpha value is -2.34. The van der Waals surface area contributed by atoms with Gasteiger partial charge in [0.05, 0.1) is 10.9 Å². The van der Waals surface area contributed by atoms with Gasteiger partial charge in [-0.05, 0) is 29.8 Å². The van der Waals surface area contributed by atoms with Gasteiger partial charge in [-0.25, -0.2) is 13.1 Å². The van der Waals surface area contributed by atoms with Crippen LogP contribution in [0.1, 0.15) is 29.7 Å². The van der Waals surface area contributed by atoms with Crippen LogP contribution in [0.5, 0.6) is 5.75 Å². The van der Waals surface area contributed by atoms with E-state index in [1.807, 2.05) is 42.5 Å². The number of benzene rings is 3. The van der Waals surface area contributed by atoms with Gasteiger partial charge < -0.3 is 4.74 Å². The molecule has 4 nitrogen and oxygen atoms in total. The minimum Gasteiger partial charge on any atom is -0.485 e. The fourth-order valence-electron chi connectivity index (χ4n) is 3.19. The van der Waals surface area contributed by atoms with Crippen molar-refractivity contribution in [3.63, 3.8) is 0 Å². The molecule has 1 heterocycles. The fraction of sp³-hybridized carbons (Fsp3) is 0.143. The van der Waals surface area contributed by atoms with Crippen LogP contribution in [0.3, 0.4) is 0 Å². The molecule has 4 rings (SSSR count). The molecule has 0 bridgehead atoms. The van der Waals surface area contributed by atoms with Crippen molar-refractivity contribution in [1.82, 2.24) is 4.72 Å². The van der Waals surface area contributed by atoms with Gasteiger partial charge in [0, 0.05) is 23.1 Å². The molecule has 0 spiro atoms. The van der Waals surface area contributed by atoms with Gasteiger partial charge in [0.25, 0.3) is 0 Å². The lowest BCUT2D eigenvalue weighted by Crippen LogP contribution is -2.33. The summed E-state index contributed by atoms with van der Waals surface area (Å²) < 4.78 is 34.6. The number of fused-ring (bicyclic) bond motifs is 1. The van der Waals surface area contributed by atoms with Crippen LogP contribution in [-0.2, 0) is 10.0 Å². The van der Waals surface area contributed by atoms with E-state index in [1.54, 1.807) is 18.2 Å². The van der Waals surface area contributed by atoms with E-state index in [2.05, 4.69) is 10.8 Å². The molecule has 1 radical (unpaired) electrons. The summed E-state index contributed by atoms with van der Waals surface area (Å²) in [4.78, 5) is 0.177. The molecule has 0 amide bonds. The van der Waals surface area contributed by atoms with E-state index in [4.69, 9.17) is 16.3 Å². The molecule has 137 valence electrons. The van der Waals surface area contributed by atoms with Crippen molar-refractivity contribution >= 4 is 21.6 Å². The van der Waals surface area contributed by atoms with Gasteiger partial charge in [-0.15, -0.1) is 0 Å². The Morgan fingerprint density at radius 1 is 1.00 bits per heavy atom. The second-order valence-electron chi connectivity index (χ2n) is 6.34. The van der Waals surface area contributed by atoms with Gasteiger partial charge in [0.15, 0.2) is 0 Å². The fourth-order valence-corrected chi connectivity index (χ4v) is 4.55. The third-order valence-corrected chi connectivity index (χ3v) is 6.27. The molecule has 0 saturated heterocycles. The maximum Gasteiger partial charge on any atom is 0.241 e. The lowest BCUT2D eigenvalue weighted by Gasteiger charge is -2.32. The first-order valence-electron chi connectivity index (χ1n) is 8.53. The molecule has 1 aliphatic heterocycles. The Kier molecular flexibility index (Phi) is 4.91. The first-order chi connectivity index (χ1) is 13.0. The zero-order valence-electron chi connectivity index (χ0n) is 14.3. The maximum atomic E-state index is 12.9. The van der Waals surface area contributed by atoms with Crippen molar-refractivity contribution in [3.8, 4) is 5.75 Å². The first-order valence-corrected chi connectivity index (χ1v) is 10.4. The number of sulfonamides is 1. The molecule has 3 aromatic carbocycles. The molecule has 1 N–H and O–H groups in total. The van der Waals surface area contributed by atoms with Crippen molar-refractivity contribution in [1.29, 1.82) is 0 Å². The zero-order valence-corrected chi connectivity index (χ0v) is 15.9. The number of ether oxygens (including phenoxy) is 1. The number of hydrogen-bond donors (Lipinski definition) is 1. The summed E-state index contributed by atoms with van der Waals surface area (Å²) in [5.74, 6) is 0.571. The smallest absolute Gasteiger partial charge is 0.241 e. The Bertz CT molecular complexity index is 1040. The molecule has 0 aromatic heterocycles. The van der Waals surface area contributed by atoms with Gasteiger partial charge in [0.1, 0.15) is 11.9 Å². The minimum absolute atomic E-state index is 0.177. The zero-order chi connectivity index (χ0) is 18.9. The van der Waals surface area contributed by atoms with E-state index >= 15 is 0 Å². The Labute approximate surface area is 163 Å². The van der Waals surface area contributed by atoms with Crippen LogP contribution in [0, 0.1) is 6.07 Å². The van der Waals surface area contributed by atoms with Gasteiger partial charge in [-0.1, -0.05) is 60.1 Å². The number of hydrogen-bond acceptors (Lipinski definition) is 3. The predicted molar refractivity (Wildman–Crippen MR) is 104 cm³/mol. The van der Waals surface area contributed by atoms with Crippen LogP contribution in [0.15, 0.2) is 77.7 Å². The number of rotatable bonds is 4. The molecule has 3 aromatic rings. The monoisotopic (exact) mass is 398 g/mol. The molecule has 6 heteroatoms. The van der Waals surface area contributed by atoms with Crippen LogP contribution in [-0.4, -0.2) is 8.42 Å². The first kappa shape index (κ1) is 18.0. The van der Waals surface area contributed by atoms with Crippen LogP contribution in [0.25, 0.3) is 0 Å². The lowest BCUT2D eigenvalue weighted by molar-refractivity contribution is 0.157. The maximum absolute atomic E-state index is 12.9. The van der Waals surface area contributed by atoms with Gasteiger partial charge in [0.2, 0.25) is 10.0 Å². The largest absolute Gasteiger partial charge is 0.485 e. The molecule has 0 aliphatic carbocycles. The number of para-hydroxylation sites is 1. The van der Waals surface area contributed by atoms with E-state index in [0.29, 0.717) is 17.2 Å². The Balaban J connectivity index is 1.67. The second kappa shape index (κ2) is 7.35. The van der Waals surface area contributed by atoms with E-state index in [0.717, 1.165) is 11.1 Å². The number of halogens is 1. The molecule has 2 unspecified atom stereocenters. The van der Waals surface area contributed by atoms with Crippen LogP contribution in [0.2, 0.25) is 5.02 Å². The van der Waals surface area contributed by atoms with Crippen molar-refractivity contribution in [2.24, 2.45) is 0 Å². The average molecular weight is 399 g/mol. The summed E-state index contributed by atoms with van der Waals surface area (Å²) in [6.07, 6.45) is 0.233. The normalized spacial score (nSPS) is 19.1. The van der Waals surface area contributed by atoms with Gasteiger partial charge >= 0.3 is 0 Å². The van der Waals surface area contributed by atoms with Crippen molar-refractivity contribution in [3.05, 3.63) is 95.0 Å². The third kappa shape index (κ3) is 3.86. The van der Waals surface area contributed by atoms with E-state index in [-0.39, 0.29) is 11.0 Å². The summed E-state index contributed by atoms with van der Waals surface area (Å²) in [6, 6.07) is 24.0. The molecular weight excluding hydrogens is 382 g/mol. The summed E-state index contributed by atoms with van der Waals surface area (Å²) in [5.41, 5.74) is 1.78. The highest BCUT2D eigenvalue weighted by Crippen LogP contribution is 2.41. The standard InChI is InChI=1S/C21H17ClNO3S/c22-16-10-12-17(13-11-16)27(24,25)23-19-14-21(15-6-2-1-3-7-15)26-20-9-5-4-8-18(19)20/h1-8,10-13,19,21,23H,14H2. The predicted octanol–water partition coefficient (Wildman–Crippen LogP) is 4.68. The van der Waals surface area contributed by atoms with E-state index < -0.39 is 16.1 Å². The van der Waals surface area contributed by atoms with Crippen LogP contribution < -0.4 is 9.46 Å². The van der Waals surface area contributed by atoms with Crippen LogP contribution >= 0.6 is 11.6 Å². The van der Waals surface area contributed by atoms with Gasteiger partial charge in [-0.2, -0.15) is 0 Å². The number of nitrogens with one attached hydrogen (secondary N) is 1. The molecule has 27 heavy (non-hydrogen) atoms. The molecular formula is C21H17ClNO3S. The molecule has 0 fully saturated rings. The Morgan fingerprint density at radius 3 is 2.48 bits per heavy atom. The summed E-state index contributed by atoms with van der Waals surface area (Å²) in [7, 11) is -3.70. The quantitative estimate of drug-likeness (QED) is 0.694. The minimum atomic E-state index is -3.70. The van der Waals surface area contributed by atoms with Crippen molar-refractivity contribution < 1.29 is 13.2 Å². The summed E-state index contributed by atoms with van der Waals surface area (Å²) in [5, 5.41) is 0.490. The highest BCUT2D eigenvalue weighted by atomic mass is 35.5. The second-order valence-corrected chi connectivity index (χ2v) is 8.49. The molecule has 1 aliphatic rings. The summed E-state index contributed by atoms with van der Waals surface area (Å²) in [6.45, 7) is 0. The third-order valence-electron chi connectivity index (χ3n) is 4.53. The SMILES string of the molecule is O=S(=O)(NC1CC(c2ccccc2)Oc2[c]cccc21)c1ccc(Cl)cc1. The lowest BCUT2D eigenvalue weighted by atomic mass is 9.94.